The molecule has 1 heterocycles. The smallest absolute Gasteiger partial charge is 0.234 e. The Labute approximate surface area is 204 Å². The summed E-state index contributed by atoms with van der Waals surface area (Å²) < 4.78 is 24.8. The van der Waals surface area contributed by atoms with Crippen LogP contribution in [0.25, 0.3) is 0 Å². The molecule has 6 nitrogen and oxygen atoms in total. The zero-order valence-electron chi connectivity index (χ0n) is 18.1. The van der Waals surface area contributed by atoms with E-state index in [0.717, 1.165) is 30.2 Å². The third-order valence-corrected chi connectivity index (χ3v) is 7.52. The van der Waals surface area contributed by atoms with Crippen LogP contribution in [0.1, 0.15) is 48.6 Å². The maximum atomic E-state index is 13.1. The van der Waals surface area contributed by atoms with Crippen molar-refractivity contribution < 1.29 is 18.0 Å². The fourth-order valence-corrected chi connectivity index (χ4v) is 5.75. The molecule has 1 saturated heterocycles. The van der Waals surface area contributed by atoms with Crippen LogP contribution in [0, 0.1) is 11.8 Å². The second kappa shape index (κ2) is 9.65. The normalized spacial score (nSPS) is 24.1. The van der Waals surface area contributed by atoms with Crippen LogP contribution < -0.4 is 10.0 Å². The first-order chi connectivity index (χ1) is 15.6. The van der Waals surface area contributed by atoms with Gasteiger partial charge >= 0.3 is 0 Å². The van der Waals surface area contributed by atoms with Gasteiger partial charge in [-0.25, -0.2) is 8.42 Å². The Bertz CT molecular complexity index is 1150. The monoisotopic (exact) mass is 508 g/mol. The predicted octanol–water partition coefficient (Wildman–Crippen LogP) is 4.24. The van der Waals surface area contributed by atoms with Gasteiger partial charge in [0.25, 0.3) is 0 Å². The summed E-state index contributed by atoms with van der Waals surface area (Å²) >= 11 is 12.4. The van der Waals surface area contributed by atoms with Crippen LogP contribution in [0.3, 0.4) is 0 Å². The highest BCUT2D eigenvalue weighted by atomic mass is 35.5. The molecule has 33 heavy (non-hydrogen) atoms. The fourth-order valence-electron chi connectivity index (χ4n) is 4.92. The highest BCUT2D eigenvalue weighted by molar-refractivity contribution is 7.89. The maximum Gasteiger partial charge on any atom is 0.234 e. The lowest BCUT2D eigenvalue weighted by Gasteiger charge is -2.41. The molecule has 2 amide bonds. The molecule has 1 saturated carbocycles. The van der Waals surface area contributed by atoms with Gasteiger partial charge in [-0.2, -0.15) is 0 Å². The average Bonchev–Trinajstić information content (AvgIpc) is 3.55. The number of sulfonamides is 1. The van der Waals surface area contributed by atoms with Gasteiger partial charge in [0.2, 0.25) is 21.8 Å². The number of amides is 2. The van der Waals surface area contributed by atoms with E-state index in [2.05, 4.69) is 5.32 Å². The van der Waals surface area contributed by atoms with Crippen molar-refractivity contribution in [3.8, 4) is 0 Å². The largest absolute Gasteiger partial charge is 0.352 e. The van der Waals surface area contributed by atoms with Crippen molar-refractivity contribution in [3.63, 3.8) is 0 Å². The van der Waals surface area contributed by atoms with Crippen molar-refractivity contribution in [2.45, 2.75) is 43.6 Å². The zero-order chi connectivity index (χ0) is 23.8. The van der Waals surface area contributed by atoms with E-state index < -0.39 is 21.8 Å². The molecule has 1 aliphatic heterocycles. The van der Waals surface area contributed by atoms with Gasteiger partial charge in [0, 0.05) is 40.3 Å². The number of halogens is 2. The van der Waals surface area contributed by atoms with Gasteiger partial charge in [0.15, 0.2) is 0 Å². The first-order valence-electron chi connectivity index (χ1n) is 10.9. The number of carbonyl (C=O) groups excluding carboxylic acids is 2. The third kappa shape index (κ3) is 6.08. The Morgan fingerprint density at radius 3 is 2.42 bits per heavy atom. The molecule has 0 bridgehead atoms. The van der Waals surface area contributed by atoms with Gasteiger partial charge in [0.1, 0.15) is 0 Å². The van der Waals surface area contributed by atoms with Gasteiger partial charge in [-0.05, 0) is 60.6 Å². The molecule has 9 heteroatoms. The molecule has 2 aliphatic rings. The van der Waals surface area contributed by atoms with Crippen molar-refractivity contribution >= 4 is 45.0 Å². The quantitative estimate of drug-likeness (QED) is 0.584. The Balaban J connectivity index is 1.66. The molecule has 0 radical (unpaired) electrons. The van der Waals surface area contributed by atoms with Gasteiger partial charge in [-0.3, -0.25) is 14.3 Å². The number of piperidine rings is 1. The molecule has 4 atom stereocenters. The predicted molar refractivity (Wildman–Crippen MR) is 129 cm³/mol. The molecule has 2 aromatic carbocycles. The van der Waals surface area contributed by atoms with Crippen LogP contribution in [-0.2, 0) is 19.6 Å². The van der Waals surface area contributed by atoms with Crippen LogP contribution in [-0.4, -0.2) is 32.5 Å². The highest BCUT2D eigenvalue weighted by Gasteiger charge is 2.46. The number of hydrogen-bond donors (Lipinski definition) is 2. The molecule has 1 unspecified atom stereocenters. The summed E-state index contributed by atoms with van der Waals surface area (Å²) in [5, 5.41) is 4.45. The van der Waals surface area contributed by atoms with Crippen LogP contribution in [0.2, 0.25) is 10.0 Å². The van der Waals surface area contributed by atoms with Crippen molar-refractivity contribution in [2.75, 3.05) is 6.26 Å². The number of carbonyl (C=O) groups is 2. The topological polar surface area (TPSA) is 92.3 Å². The summed E-state index contributed by atoms with van der Waals surface area (Å²) in [5.41, 5.74) is 2.10. The van der Waals surface area contributed by atoms with E-state index in [4.69, 9.17) is 23.2 Å². The van der Waals surface area contributed by atoms with E-state index in [0.29, 0.717) is 22.4 Å². The molecule has 176 valence electrons. The molecule has 4 rings (SSSR count). The number of hydrogen-bond acceptors (Lipinski definition) is 4. The molecular weight excluding hydrogens is 483 g/mol. The Kier molecular flexibility index (Phi) is 7.03. The van der Waals surface area contributed by atoms with Gasteiger partial charge in [-0.15, -0.1) is 0 Å². The standard InChI is InChI=1S/C24H26Cl2N2O4S/c1-33(31,32)28-21(29)13-17-12-20(16-3-2-4-19(26)11-16)23(27-24(17)30)22(14-5-6-14)15-7-9-18(25)10-8-15/h2-4,7-11,14,17,20,22-23H,5-6,12-13H2,1H3,(H,27,30)(H,28,29)/t17-,20+,22?,23-/m0/s1. The van der Waals surface area contributed by atoms with Crippen LogP contribution in [0.4, 0.5) is 0 Å². The summed E-state index contributed by atoms with van der Waals surface area (Å²) in [6.45, 7) is 0. The lowest BCUT2D eigenvalue weighted by Crippen LogP contribution is -2.52. The molecule has 2 N–H and O–H groups in total. The molecule has 2 fully saturated rings. The van der Waals surface area contributed by atoms with Crippen molar-refractivity contribution in [1.29, 1.82) is 0 Å². The van der Waals surface area contributed by atoms with Gasteiger partial charge in [0.05, 0.1) is 6.26 Å². The first-order valence-corrected chi connectivity index (χ1v) is 13.6. The van der Waals surface area contributed by atoms with Crippen molar-refractivity contribution in [3.05, 3.63) is 69.7 Å². The SMILES string of the molecule is CS(=O)(=O)NC(=O)C[C@@H]1C[C@H](c2cccc(Cl)c2)[C@@H](C(c2ccc(Cl)cc2)C2CC2)NC1=O. The molecule has 0 spiro atoms. The van der Waals surface area contributed by atoms with Crippen LogP contribution in [0.5, 0.6) is 0 Å². The first kappa shape index (κ1) is 24.0. The van der Waals surface area contributed by atoms with E-state index in [1.54, 1.807) is 6.07 Å². The average molecular weight is 509 g/mol. The molecule has 1 aliphatic carbocycles. The van der Waals surface area contributed by atoms with Crippen molar-refractivity contribution in [2.24, 2.45) is 11.8 Å². The van der Waals surface area contributed by atoms with E-state index in [1.165, 1.54) is 0 Å². The Hall–Kier alpha value is -2.09. The summed E-state index contributed by atoms with van der Waals surface area (Å²) in [4.78, 5) is 25.3. The summed E-state index contributed by atoms with van der Waals surface area (Å²) in [6.07, 6.45) is 3.32. The minimum Gasteiger partial charge on any atom is -0.352 e. The lowest BCUT2D eigenvalue weighted by molar-refractivity contribution is -0.132. The lowest BCUT2D eigenvalue weighted by atomic mass is 9.71. The van der Waals surface area contributed by atoms with E-state index >= 15 is 0 Å². The molecule has 0 aromatic heterocycles. The highest BCUT2D eigenvalue weighted by Crippen LogP contribution is 2.50. The Morgan fingerprint density at radius 2 is 1.82 bits per heavy atom. The third-order valence-electron chi connectivity index (χ3n) is 6.43. The summed E-state index contributed by atoms with van der Waals surface area (Å²) in [7, 11) is -3.69. The summed E-state index contributed by atoms with van der Waals surface area (Å²) in [5.74, 6) is -1.10. The van der Waals surface area contributed by atoms with Gasteiger partial charge in [-0.1, -0.05) is 47.5 Å². The zero-order valence-corrected chi connectivity index (χ0v) is 20.5. The second-order valence-electron chi connectivity index (χ2n) is 9.04. The minimum absolute atomic E-state index is 0.0845. The van der Waals surface area contributed by atoms with E-state index in [9.17, 15) is 18.0 Å². The van der Waals surface area contributed by atoms with E-state index in [-0.39, 0.29) is 30.2 Å². The van der Waals surface area contributed by atoms with Crippen molar-refractivity contribution in [1.82, 2.24) is 10.0 Å². The second-order valence-corrected chi connectivity index (χ2v) is 11.7. The fraction of sp³-hybridized carbons (Fsp3) is 0.417. The Morgan fingerprint density at radius 1 is 1.12 bits per heavy atom. The number of rotatable bonds is 7. The number of benzene rings is 2. The van der Waals surface area contributed by atoms with E-state index in [1.807, 2.05) is 47.2 Å². The van der Waals surface area contributed by atoms with Crippen LogP contribution in [0.15, 0.2) is 48.5 Å². The van der Waals surface area contributed by atoms with Crippen LogP contribution >= 0.6 is 23.2 Å². The molecular formula is C24H26Cl2N2O4S. The maximum absolute atomic E-state index is 13.1. The summed E-state index contributed by atoms with van der Waals surface area (Å²) in [6, 6.07) is 15.1. The minimum atomic E-state index is -3.69. The van der Waals surface area contributed by atoms with Gasteiger partial charge < -0.3 is 5.32 Å². The molecule has 2 aromatic rings. The number of nitrogens with one attached hydrogen (secondary N) is 2.